The topological polar surface area (TPSA) is 82.8 Å². The quantitative estimate of drug-likeness (QED) is 0.763. The SMILES string of the molecule is O=C(O)CCn1cc([C@H](C(=O)O)N2CCCCC2)c2ccc(Br)cc21. The number of carboxylic acid groups (broad SMARTS) is 2. The van der Waals surface area contributed by atoms with Gasteiger partial charge in [0.05, 0.1) is 6.42 Å². The number of aryl methyl sites for hydroxylation is 1. The number of hydrogen-bond acceptors (Lipinski definition) is 3. The molecule has 1 aliphatic rings. The fraction of sp³-hybridized carbons (Fsp3) is 0.444. The zero-order valence-electron chi connectivity index (χ0n) is 13.8. The van der Waals surface area contributed by atoms with Crippen molar-refractivity contribution < 1.29 is 19.8 Å². The van der Waals surface area contributed by atoms with Gasteiger partial charge in [0.15, 0.2) is 0 Å². The van der Waals surface area contributed by atoms with E-state index in [1.807, 2.05) is 33.9 Å². The van der Waals surface area contributed by atoms with E-state index in [1.54, 1.807) is 0 Å². The number of carbonyl (C=O) groups is 2. The monoisotopic (exact) mass is 408 g/mol. The van der Waals surface area contributed by atoms with Crippen molar-refractivity contribution in [1.29, 1.82) is 0 Å². The van der Waals surface area contributed by atoms with Crippen LogP contribution in [0.4, 0.5) is 0 Å². The molecule has 7 heteroatoms. The molecule has 0 spiro atoms. The Labute approximate surface area is 154 Å². The molecule has 1 saturated heterocycles. The second-order valence-corrected chi connectivity index (χ2v) is 7.34. The summed E-state index contributed by atoms with van der Waals surface area (Å²) < 4.78 is 2.73. The Morgan fingerprint density at radius 1 is 1.16 bits per heavy atom. The van der Waals surface area contributed by atoms with Gasteiger partial charge in [-0.05, 0) is 38.1 Å². The van der Waals surface area contributed by atoms with Gasteiger partial charge in [-0.1, -0.05) is 28.4 Å². The predicted molar refractivity (Wildman–Crippen MR) is 97.7 cm³/mol. The van der Waals surface area contributed by atoms with Gasteiger partial charge in [0, 0.05) is 33.7 Å². The lowest BCUT2D eigenvalue weighted by Gasteiger charge is -2.31. The van der Waals surface area contributed by atoms with Gasteiger partial charge in [0.2, 0.25) is 0 Å². The highest BCUT2D eigenvalue weighted by atomic mass is 79.9. The van der Waals surface area contributed by atoms with Gasteiger partial charge < -0.3 is 14.8 Å². The number of fused-ring (bicyclic) bond motifs is 1. The van der Waals surface area contributed by atoms with Crippen molar-refractivity contribution in [3.8, 4) is 0 Å². The van der Waals surface area contributed by atoms with Crippen LogP contribution in [0.25, 0.3) is 10.9 Å². The summed E-state index contributed by atoms with van der Waals surface area (Å²) in [4.78, 5) is 25.0. The van der Waals surface area contributed by atoms with Gasteiger partial charge >= 0.3 is 11.9 Å². The number of hydrogen-bond donors (Lipinski definition) is 2. The van der Waals surface area contributed by atoms with E-state index in [9.17, 15) is 14.7 Å². The lowest BCUT2D eigenvalue weighted by molar-refractivity contribution is -0.144. The maximum atomic E-state index is 12.0. The van der Waals surface area contributed by atoms with E-state index in [0.717, 1.165) is 53.3 Å². The zero-order chi connectivity index (χ0) is 18.0. The van der Waals surface area contributed by atoms with E-state index in [1.165, 1.54) is 0 Å². The van der Waals surface area contributed by atoms with Crippen molar-refractivity contribution in [3.05, 3.63) is 34.4 Å². The molecule has 0 saturated carbocycles. The second kappa shape index (κ2) is 7.58. The number of halogens is 1. The minimum atomic E-state index is -0.871. The number of aromatic nitrogens is 1. The van der Waals surface area contributed by atoms with Crippen LogP contribution in [0.1, 0.15) is 37.3 Å². The molecule has 1 aromatic carbocycles. The Bertz CT molecular complexity index is 796. The number of benzene rings is 1. The molecule has 6 nitrogen and oxygen atoms in total. The van der Waals surface area contributed by atoms with Crippen molar-refractivity contribution in [2.24, 2.45) is 0 Å². The Kier molecular flexibility index (Phi) is 5.44. The minimum absolute atomic E-state index is 0.00279. The van der Waals surface area contributed by atoms with Crippen LogP contribution in [-0.2, 0) is 16.1 Å². The maximum absolute atomic E-state index is 12.0. The Morgan fingerprint density at radius 3 is 2.52 bits per heavy atom. The first-order valence-electron chi connectivity index (χ1n) is 8.44. The van der Waals surface area contributed by atoms with Gasteiger partial charge in [0.1, 0.15) is 6.04 Å². The summed E-state index contributed by atoms with van der Waals surface area (Å²) >= 11 is 3.44. The molecule has 1 fully saturated rings. The first kappa shape index (κ1) is 17.9. The third-order valence-electron chi connectivity index (χ3n) is 4.73. The molecule has 2 aromatic rings. The Morgan fingerprint density at radius 2 is 1.88 bits per heavy atom. The third-order valence-corrected chi connectivity index (χ3v) is 5.22. The summed E-state index contributed by atoms with van der Waals surface area (Å²) in [5.41, 5.74) is 1.59. The average Bonchev–Trinajstić information content (AvgIpc) is 2.91. The van der Waals surface area contributed by atoms with Crippen molar-refractivity contribution in [1.82, 2.24) is 9.47 Å². The van der Waals surface area contributed by atoms with Crippen LogP contribution in [0.5, 0.6) is 0 Å². The Hall–Kier alpha value is -1.86. The molecule has 3 rings (SSSR count). The number of likely N-dealkylation sites (tertiary alicyclic amines) is 1. The first-order chi connectivity index (χ1) is 12.0. The standard InChI is InChI=1S/C18H21BrN2O4/c19-12-4-5-13-14(11-21(15(13)10-12)9-6-16(22)23)17(18(24)25)20-7-2-1-3-8-20/h4-5,10-11,17H,1-3,6-9H2,(H,22,23)(H,24,25)/t17-/m1/s1. The van der Waals surface area contributed by atoms with Crippen molar-refractivity contribution >= 4 is 38.8 Å². The number of nitrogens with zero attached hydrogens (tertiary/aromatic N) is 2. The molecule has 1 aliphatic heterocycles. The molecule has 25 heavy (non-hydrogen) atoms. The molecule has 1 atom stereocenters. The van der Waals surface area contributed by atoms with E-state index in [-0.39, 0.29) is 6.42 Å². The molecule has 134 valence electrons. The van der Waals surface area contributed by atoms with Crippen LogP contribution in [0.3, 0.4) is 0 Å². The van der Waals surface area contributed by atoms with E-state index in [4.69, 9.17) is 5.11 Å². The first-order valence-corrected chi connectivity index (χ1v) is 9.23. The third kappa shape index (κ3) is 3.88. The lowest BCUT2D eigenvalue weighted by atomic mass is 10.0. The van der Waals surface area contributed by atoms with Crippen LogP contribution >= 0.6 is 15.9 Å². The maximum Gasteiger partial charge on any atom is 0.325 e. The highest BCUT2D eigenvalue weighted by Crippen LogP contribution is 2.33. The van der Waals surface area contributed by atoms with E-state index in [0.29, 0.717) is 6.54 Å². The molecule has 0 amide bonds. The van der Waals surface area contributed by atoms with E-state index in [2.05, 4.69) is 15.9 Å². The number of rotatable bonds is 6. The number of piperidine rings is 1. The van der Waals surface area contributed by atoms with Gasteiger partial charge in [-0.3, -0.25) is 14.5 Å². The largest absolute Gasteiger partial charge is 0.481 e. The van der Waals surface area contributed by atoms with Gasteiger partial charge in [0.25, 0.3) is 0 Å². The van der Waals surface area contributed by atoms with Gasteiger partial charge in [-0.25, -0.2) is 0 Å². The van der Waals surface area contributed by atoms with Crippen molar-refractivity contribution in [2.75, 3.05) is 13.1 Å². The highest BCUT2D eigenvalue weighted by molar-refractivity contribution is 9.10. The fourth-order valence-corrected chi connectivity index (χ4v) is 3.92. The summed E-state index contributed by atoms with van der Waals surface area (Å²) in [7, 11) is 0. The molecule has 2 heterocycles. The Balaban J connectivity index is 2.06. The van der Waals surface area contributed by atoms with Crippen LogP contribution in [-0.4, -0.2) is 44.7 Å². The molecule has 0 unspecified atom stereocenters. The summed E-state index contributed by atoms with van der Waals surface area (Å²) in [6.07, 6.45) is 4.96. The molecule has 0 bridgehead atoms. The molecular formula is C18H21BrN2O4. The normalized spacial score (nSPS) is 16.8. The smallest absolute Gasteiger partial charge is 0.325 e. The van der Waals surface area contributed by atoms with Gasteiger partial charge in [-0.2, -0.15) is 0 Å². The lowest BCUT2D eigenvalue weighted by Crippen LogP contribution is -2.37. The molecule has 2 N–H and O–H groups in total. The molecule has 0 aliphatic carbocycles. The number of aliphatic carboxylic acids is 2. The zero-order valence-corrected chi connectivity index (χ0v) is 15.4. The molecule has 0 radical (unpaired) electrons. The van der Waals surface area contributed by atoms with Crippen LogP contribution in [0, 0.1) is 0 Å². The van der Waals surface area contributed by atoms with E-state index < -0.39 is 18.0 Å². The highest BCUT2D eigenvalue weighted by Gasteiger charge is 2.31. The van der Waals surface area contributed by atoms with E-state index >= 15 is 0 Å². The van der Waals surface area contributed by atoms with Crippen LogP contribution in [0.15, 0.2) is 28.9 Å². The van der Waals surface area contributed by atoms with Crippen molar-refractivity contribution in [3.63, 3.8) is 0 Å². The second-order valence-electron chi connectivity index (χ2n) is 6.42. The summed E-state index contributed by atoms with van der Waals surface area (Å²) in [6.45, 7) is 1.86. The summed E-state index contributed by atoms with van der Waals surface area (Å²) in [6, 6.07) is 5.01. The molecular weight excluding hydrogens is 388 g/mol. The summed E-state index contributed by atoms with van der Waals surface area (Å²) in [5.74, 6) is -1.73. The van der Waals surface area contributed by atoms with Crippen LogP contribution in [0.2, 0.25) is 0 Å². The fourth-order valence-electron chi connectivity index (χ4n) is 3.57. The van der Waals surface area contributed by atoms with Gasteiger partial charge in [-0.15, -0.1) is 0 Å². The van der Waals surface area contributed by atoms with Crippen LogP contribution < -0.4 is 0 Å². The summed E-state index contributed by atoms with van der Waals surface area (Å²) in [5, 5.41) is 19.7. The average molecular weight is 409 g/mol. The molecule has 1 aromatic heterocycles. The predicted octanol–water partition coefficient (Wildman–Crippen LogP) is 3.49. The minimum Gasteiger partial charge on any atom is -0.481 e. The number of carboxylic acids is 2. The van der Waals surface area contributed by atoms with Crippen molar-refractivity contribution in [2.45, 2.75) is 38.3 Å².